The summed E-state index contributed by atoms with van der Waals surface area (Å²) in [5, 5.41) is 12.3. The molecule has 1 aromatic carbocycles. The Balaban J connectivity index is 1.78. The van der Waals surface area contributed by atoms with Gasteiger partial charge in [0.1, 0.15) is 0 Å². The van der Waals surface area contributed by atoms with Gasteiger partial charge in [-0.1, -0.05) is 0 Å². The Morgan fingerprint density at radius 1 is 1.09 bits per heavy atom. The summed E-state index contributed by atoms with van der Waals surface area (Å²) in [5.41, 5.74) is 0.583. The summed E-state index contributed by atoms with van der Waals surface area (Å²) < 4.78 is 10.4. The van der Waals surface area contributed by atoms with Crippen molar-refractivity contribution in [1.82, 2.24) is 0 Å². The van der Waals surface area contributed by atoms with Crippen LogP contribution < -0.4 is 14.8 Å². The lowest BCUT2D eigenvalue weighted by atomic mass is 9.78. The number of benzene rings is 1. The number of amides is 1. The first-order chi connectivity index (χ1) is 11.0. The molecular formula is C17H21NO5. The molecule has 1 amide bonds. The van der Waals surface area contributed by atoms with Crippen LogP contribution in [-0.4, -0.2) is 31.2 Å². The quantitative estimate of drug-likeness (QED) is 0.870. The molecule has 2 fully saturated rings. The number of anilines is 1. The van der Waals surface area contributed by atoms with Crippen molar-refractivity contribution in [3.8, 4) is 11.5 Å². The van der Waals surface area contributed by atoms with Crippen molar-refractivity contribution in [3.05, 3.63) is 18.2 Å². The topological polar surface area (TPSA) is 84.9 Å². The van der Waals surface area contributed by atoms with Gasteiger partial charge in [-0.3, -0.25) is 9.59 Å². The number of carboxylic acids is 1. The van der Waals surface area contributed by atoms with E-state index in [1.165, 1.54) is 7.11 Å². The third kappa shape index (κ3) is 2.73. The van der Waals surface area contributed by atoms with Gasteiger partial charge in [0.15, 0.2) is 11.5 Å². The third-order valence-electron chi connectivity index (χ3n) is 5.16. The maximum atomic E-state index is 12.6. The fourth-order valence-corrected chi connectivity index (χ4v) is 4.16. The number of hydrogen-bond donors (Lipinski definition) is 2. The molecule has 6 nitrogen and oxygen atoms in total. The first-order valence-corrected chi connectivity index (χ1v) is 7.80. The molecule has 2 saturated carbocycles. The Morgan fingerprint density at radius 3 is 2.35 bits per heavy atom. The van der Waals surface area contributed by atoms with E-state index in [1.54, 1.807) is 25.3 Å². The molecule has 0 unspecified atom stereocenters. The van der Waals surface area contributed by atoms with E-state index in [1.807, 2.05) is 0 Å². The Labute approximate surface area is 134 Å². The summed E-state index contributed by atoms with van der Waals surface area (Å²) in [6.07, 6.45) is 2.71. The maximum Gasteiger partial charge on any atom is 0.307 e. The van der Waals surface area contributed by atoms with Crippen molar-refractivity contribution < 1.29 is 24.2 Å². The molecule has 0 heterocycles. The van der Waals surface area contributed by atoms with Crippen LogP contribution in [0.4, 0.5) is 5.69 Å². The average molecular weight is 319 g/mol. The molecule has 3 rings (SSSR count). The molecule has 0 radical (unpaired) electrons. The second-order valence-electron chi connectivity index (χ2n) is 6.28. The van der Waals surface area contributed by atoms with Crippen molar-refractivity contribution in [2.75, 3.05) is 19.5 Å². The Bertz CT molecular complexity index is 629. The van der Waals surface area contributed by atoms with Crippen molar-refractivity contribution in [3.63, 3.8) is 0 Å². The van der Waals surface area contributed by atoms with E-state index in [2.05, 4.69) is 5.32 Å². The highest BCUT2D eigenvalue weighted by atomic mass is 16.5. The molecule has 0 saturated heterocycles. The summed E-state index contributed by atoms with van der Waals surface area (Å²) in [6.45, 7) is 0. The monoisotopic (exact) mass is 319 g/mol. The average Bonchev–Trinajstić information content (AvgIpc) is 3.15. The van der Waals surface area contributed by atoms with Gasteiger partial charge >= 0.3 is 5.97 Å². The van der Waals surface area contributed by atoms with Crippen LogP contribution in [0.3, 0.4) is 0 Å². The van der Waals surface area contributed by atoms with Gasteiger partial charge in [-0.15, -0.1) is 0 Å². The zero-order chi connectivity index (χ0) is 16.6. The number of fused-ring (bicyclic) bond motifs is 2. The summed E-state index contributed by atoms with van der Waals surface area (Å²) in [5.74, 6) is -0.656. The number of carbonyl (C=O) groups is 2. The second kappa shape index (κ2) is 6.10. The Kier molecular flexibility index (Phi) is 4.15. The van der Waals surface area contributed by atoms with E-state index in [4.69, 9.17) is 9.47 Å². The van der Waals surface area contributed by atoms with Crippen LogP contribution in [0.5, 0.6) is 11.5 Å². The molecule has 1 aromatic rings. The normalized spacial score (nSPS) is 28.4. The Hall–Kier alpha value is -2.24. The van der Waals surface area contributed by atoms with Crippen LogP contribution in [-0.2, 0) is 9.59 Å². The van der Waals surface area contributed by atoms with Crippen LogP contribution >= 0.6 is 0 Å². The number of rotatable bonds is 5. The van der Waals surface area contributed by atoms with Crippen LogP contribution in [0.25, 0.3) is 0 Å². The molecule has 2 aliphatic rings. The lowest BCUT2D eigenvalue weighted by Crippen LogP contribution is -2.37. The third-order valence-corrected chi connectivity index (χ3v) is 5.16. The van der Waals surface area contributed by atoms with E-state index < -0.39 is 17.8 Å². The van der Waals surface area contributed by atoms with Gasteiger partial charge in [0.2, 0.25) is 5.91 Å². The Morgan fingerprint density at radius 2 is 1.74 bits per heavy atom. The molecule has 2 N–H and O–H groups in total. The molecule has 2 bridgehead atoms. The number of methoxy groups -OCH3 is 2. The van der Waals surface area contributed by atoms with Crippen LogP contribution in [0.2, 0.25) is 0 Å². The highest BCUT2D eigenvalue weighted by Crippen LogP contribution is 2.52. The smallest absolute Gasteiger partial charge is 0.307 e. The lowest BCUT2D eigenvalue weighted by molar-refractivity contribution is -0.148. The maximum absolute atomic E-state index is 12.6. The highest BCUT2D eigenvalue weighted by Gasteiger charge is 2.53. The fraction of sp³-hybridized carbons (Fsp3) is 0.529. The minimum Gasteiger partial charge on any atom is -0.493 e. The van der Waals surface area contributed by atoms with E-state index >= 15 is 0 Å². The number of ether oxygens (including phenoxy) is 2. The van der Waals surface area contributed by atoms with E-state index in [-0.39, 0.29) is 17.7 Å². The van der Waals surface area contributed by atoms with E-state index in [0.29, 0.717) is 17.2 Å². The minimum atomic E-state index is -0.857. The van der Waals surface area contributed by atoms with Gasteiger partial charge in [-0.05, 0) is 43.2 Å². The first-order valence-electron chi connectivity index (χ1n) is 7.80. The van der Waals surface area contributed by atoms with Gasteiger partial charge in [0.05, 0.1) is 26.1 Å². The molecule has 4 atom stereocenters. The fourth-order valence-electron chi connectivity index (χ4n) is 4.16. The molecule has 0 aromatic heterocycles. The second-order valence-corrected chi connectivity index (χ2v) is 6.28. The summed E-state index contributed by atoms with van der Waals surface area (Å²) >= 11 is 0. The number of carboxylic acid groups (broad SMARTS) is 1. The molecule has 6 heteroatoms. The molecular weight excluding hydrogens is 298 g/mol. The van der Waals surface area contributed by atoms with Gasteiger partial charge in [-0.2, -0.15) is 0 Å². The standard InChI is InChI=1S/C17H21NO5/c1-22-12-6-5-11(8-13(12)23-2)18-16(19)14-9-3-4-10(7-9)15(14)17(20)21/h5-6,8-10,14-15H,3-4,7H2,1-2H3,(H,18,19)(H,20,21)/t9-,10-,14-,15-/m0/s1. The number of hydrogen-bond acceptors (Lipinski definition) is 4. The van der Waals surface area contributed by atoms with Gasteiger partial charge < -0.3 is 19.9 Å². The van der Waals surface area contributed by atoms with Crippen LogP contribution in [0, 0.1) is 23.7 Å². The first kappa shape index (κ1) is 15.6. The summed E-state index contributed by atoms with van der Waals surface area (Å²) in [6, 6.07) is 5.12. The van der Waals surface area contributed by atoms with Crippen LogP contribution in [0.1, 0.15) is 19.3 Å². The zero-order valence-electron chi connectivity index (χ0n) is 13.2. The largest absolute Gasteiger partial charge is 0.493 e. The SMILES string of the molecule is COc1ccc(NC(=O)[C@H]2[C@H]3CC[C@@H](C3)[C@@H]2C(=O)O)cc1OC. The lowest BCUT2D eigenvalue weighted by Gasteiger charge is -2.27. The molecule has 23 heavy (non-hydrogen) atoms. The predicted molar refractivity (Wildman–Crippen MR) is 83.6 cm³/mol. The number of nitrogens with one attached hydrogen (secondary N) is 1. The molecule has 0 spiro atoms. The van der Waals surface area contributed by atoms with Crippen molar-refractivity contribution in [2.45, 2.75) is 19.3 Å². The van der Waals surface area contributed by atoms with Crippen molar-refractivity contribution in [2.24, 2.45) is 23.7 Å². The van der Waals surface area contributed by atoms with Crippen molar-refractivity contribution >= 4 is 17.6 Å². The zero-order valence-corrected chi connectivity index (χ0v) is 13.2. The van der Waals surface area contributed by atoms with Crippen molar-refractivity contribution in [1.29, 1.82) is 0 Å². The molecule has 124 valence electrons. The molecule has 0 aliphatic heterocycles. The number of aliphatic carboxylic acids is 1. The number of carbonyl (C=O) groups excluding carboxylic acids is 1. The minimum absolute atomic E-state index is 0.138. The van der Waals surface area contributed by atoms with E-state index in [0.717, 1.165) is 19.3 Å². The highest BCUT2D eigenvalue weighted by molar-refractivity contribution is 5.96. The van der Waals surface area contributed by atoms with Gasteiger partial charge in [0.25, 0.3) is 0 Å². The van der Waals surface area contributed by atoms with Gasteiger partial charge in [-0.25, -0.2) is 0 Å². The van der Waals surface area contributed by atoms with Gasteiger partial charge in [0, 0.05) is 11.8 Å². The predicted octanol–water partition coefficient (Wildman–Crippen LogP) is 2.39. The molecule has 2 aliphatic carbocycles. The van der Waals surface area contributed by atoms with E-state index in [9.17, 15) is 14.7 Å². The summed E-state index contributed by atoms with van der Waals surface area (Å²) in [4.78, 5) is 24.2. The summed E-state index contributed by atoms with van der Waals surface area (Å²) in [7, 11) is 3.07. The van der Waals surface area contributed by atoms with Crippen LogP contribution in [0.15, 0.2) is 18.2 Å².